The molecule has 2 nitrogen and oxygen atoms in total. The van der Waals surface area contributed by atoms with Gasteiger partial charge in [0.1, 0.15) is 16.7 Å². The number of rotatable bonds is 0. The van der Waals surface area contributed by atoms with E-state index in [1.165, 1.54) is 6.07 Å². The first-order chi connectivity index (χ1) is 5.27. The van der Waals surface area contributed by atoms with Gasteiger partial charge in [-0.05, 0) is 12.1 Å². The van der Waals surface area contributed by atoms with Gasteiger partial charge in [-0.2, -0.15) is 5.10 Å². The standard InChI is InChI=1S/C8H7FN2/c1-11-5-6-7(9)3-2-4-8(6)10-11/h2-5H,1H3/p+1. The third-order valence-corrected chi connectivity index (χ3v) is 1.67. The van der Waals surface area contributed by atoms with E-state index in [1.54, 1.807) is 16.9 Å². The van der Waals surface area contributed by atoms with Gasteiger partial charge in [-0.25, -0.2) is 4.39 Å². The highest BCUT2D eigenvalue weighted by Crippen LogP contribution is 2.12. The molecular formula is C8H8FN2+. The fraction of sp³-hybridized carbons (Fsp3) is 0.125. The molecule has 1 N–H and O–H groups in total. The SMILES string of the molecule is C[n+]1cc2c(F)cccc2[nH]1. The van der Waals surface area contributed by atoms with E-state index in [0.717, 1.165) is 5.52 Å². The molecule has 0 saturated carbocycles. The van der Waals surface area contributed by atoms with E-state index >= 15 is 0 Å². The van der Waals surface area contributed by atoms with Gasteiger partial charge in [0.05, 0.1) is 0 Å². The zero-order valence-electron chi connectivity index (χ0n) is 6.13. The maximum absolute atomic E-state index is 13.0. The average Bonchev–Trinajstić information content (AvgIpc) is 2.31. The molecule has 0 aliphatic carbocycles. The van der Waals surface area contributed by atoms with Crippen molar-refractivity contribution in [2.75, 3.05) is 0 Å². The van der Waals surface area contributed by atoms with Crippen LogP contribution in [-0.2, 0) is 7.05 Å². The van der Waals surface area contributed by atoms with Gasteiger partial charge in [-0.3, -0.25) is 0 Å². The van der Waals surface area contributed by atoms with Crippen LogP contribution in [0.5, 0.6) is 0 Å². The molecule has 0 radical (unpaired) electrons. The first kappa shape index (κ1) is 6.34. The molecule has 0 aliphatic rings. The van der Waals surface area contributed by atoms with Crippen molar-refractivity contribution in [3.8, 4) is 0 Å². The van der Waals surface area contributed by atoms with Crippen molar-refractivity contribution in [1.82, 2.24) is 5.10 Å². The second-order valence-corrected chi connectivity index (χ2v) is 2.55. The number of aromatic nitrogens is 2. The van der Waals surface area contributed by atoms with Crippen LogP contribution in [0.25, 0.3) is 10.9 Å². The van der Waals surface area contributed by atoms with Crippen LogP contribution in [0, 0.1) is 5.82 Å². The summed E-state index contributed by atoms with van der Waals surface area (Å²) >= 11 is 0. The molecule has 0 fully saturated rings. The van der Waals surface area contributed by atoms with Crippen molar-refractivity contribution >= 4 is 10.9 Å². The van der Waals surface area contributed by atoms with Crippen LogP contribution in [0.3, 0.4) is 0 Å². The molecule has 1 aromatic heterocycles. The highest BCUT2D eigenvalue weighted by atomic mass is 19.1. The molecule has 0 unspecified atom stereocenters. The molecule has 3 heteroatoms. The van der Waals surface area contributed by atoms with Crippen molar-refractivity contribution in [3.05, 3.63) is 30.2 Å². The Morgan fingerprint density at radius 1 is 1.45 bits per heavy atom. The first-order valence-electron chi connectivity index (χ1n) is 3.40. The first-order valence-corrected chi connectivity index (χ1v) is 3.40. The average molecular weight is 151 g/mol. The molecule has 0 amide bonds. The van der Waals surface area contributed by atoms with Gasteiger partial charge < -0.3 is 0 Å². The van der Waals surface area contributed by atoms with Crippen LogP contribution < -0.4 is 4.68 Å². The van der Waals surface area contributed by atoms with Crippen LogP contribution in [0.4, 0.5) is 4.39 Å². The number of hydrogen-bond acceptors (Lipinski definition) is 0. The van der Waals surface area contributed by atoms with E-state index in [1.807, 2.05) is 13.1 Å². The lowest BCUT2D eigenvalue weighted by atomic mass is 10.2. The van der Waals surface area contributed by atoms with Crippen molar-refractivity contribution in [2.24, 2.45) is 7.05 Å². The summed E-state index contributed by atoms with van der Waals surface area (Å²) in [4.78, 5) is 0. The Balaban J connectivity index is 2.90. The monoisotopic (exact) mass is 151 g/mol. The zero-order chi connectivity index (χ0) is 7.84. The highest BCUT2D eigenvalue weighted by molar-refractivity contribution is 5.77. The number of aromatic amines is 1. The summed E-state index contributed by atoms with van der Waals surface area (Å²) in [7, 11) is 1.83. The number of nitrogens with one attached hydrogen (secondary N) is 1. The van der Waals surface area contributed by atoms with E-state index in [9.17, 15) is 4.39 Å². The molecule has 0 bridgehead atoms. The summed E-state index contributed by atoms with van der Waals surface area (Å²) in [5.74, 6) is -0.181. The molecule has 1 heterocycles. The van der Waals surface area contributed by atoms with E-state index in [-0.39, 0.29) is 5.82 Å². The van der Waals surface area contributed by atoms with E-state index in [2.05, 4.69) is 5.10 Å². The van der Waals surface area contributed by atoms with Gasteiger partial charge >= 0.3 is 0 Å². The third kappa shape index (κ3) is 0.888. The van der Waals surface area contributed by atoms with Crippen LogP contribution in [0.15, 0.2) is 24.4 Å². The lowest BCUT2D eigenvalue weighted by Crippen LogP contribution is -2.27. The number of H-pyrrole nitrogens is 1. The fourth-order valence-corrected chi connectivity index (χ4v) is 1.18. The lowest BCUT2D eigenvalue weighted by Gasteiger charge is -1.84. The fourth-order valence-electron chi connectivity index (χ4n) is 1.18. The highest BCUT2D eigenvalue weighted by Gasteiger charge is 2.06. The summed E-state index contributed by atoms with van der Waals surface area (Å²) < 4.78 is 14.7. The molecule has 1 aromatic carbocycles. The molecular weight excluding hydrogens is 143 g/mol. The number of fused-ring (bicyclic) bond motifs is 1. The van der Waals surface area contributed by atoms with Crippen molar-refractivity contribution in [1.29, 1.82) is 0 Å². The smallest absolute Gasteiger partial charge is 0.205 e. The van der Waals surface area contributed by atoms with Crippen LogP contribution in [0.1, 0.15) is 0 Å². The number of nitrogens with zero attached hydrogens (tertiary/aromatic N) is 1. The van der Waals surface area contributed by atoms with Crippen molar-refractivity contribution in [2.45, 2.75) is 0 Å². The van der Waals surface area contributed by atoms with Crippen LogP contribution >= 0.6 is 0 Å². The number of aryl methyl sites for hydroxylation is 1. The predicted octanol–water partition coefficient (Wildman–Crippen LogP) is 1.13. The second-order valence-electron chi connectivity index (χ2n) is 2.55. The van der Waals surface area contributed by atoms with Gasteiger partial charge in [0.15, 0.2) is 7.05 Å². The number of benzene rings is 1. The quantitative estimate of drug-likeness (QED) is 0.544. The Labute approximate surface area is 63.3 Å². The zero-order valence-corrected chi connectivity index (χ0v) is 6.13. The molecule has 2 aromatic rings. The molecule has 56 valence electrons. The minimum absolute atomic E-state index is 0.181. The van der Waals surface area contributed by atoms with Gasteiger partial charge in [-0.1, -0.05) is 6.07 Å². The Bertz CT molecular complexity index is 392. The molecule has 0 spiro atoms. The maximum atomic E-state index is 13.0. The van der Waals surface area contributed by atoms with Gasteiger partial charge in [0.25, 0.3) is 0 Å². The summed E-state index contributed by atoms with van der Waals surface area (Å²) in [6, 6.07) is 4.99. The summed E-state index contributed by atoms with van der Waals surface area (Å²) in [5, 5.41) is 3.61. The summed E-state index contributed by atoms with van der Waals surface area (Å²) in [6.07, 6.45) is 1.73. The Hall–Kier alpha value is -1.38. The normalized spacial score (nSPS) is 10.7. The largest absolute Gasteiger partial charge is 0.206 e. The van der Waals surface area contributed by atoms with Crippen molar-refractivity contribution < 1.29 is 9.07 Å². The van der Waals surface area contributed by atoms with Gasteiger partial charge in [0.2, 0.25) is 6.20 Å². The van der Waals surface area contributed by atoms with Crippen LogP contribution in [-0.4, -0.2) is 5.10 Å². The van der Waals surface area contributed by atoms with Gasteiger partial charge in [-0.15, -0.1) is 4.68 Å². The van der Waals surface area contributed by atoms with E-state index < -0.39 is 0 Å². The maximum Gasteiger partial charge on any atom is 0.205 e. The lowest BCUT2D eigenvalue weighted by molar-refractivity contribution is -0.724. The van der Waals surface area contributed by atoms with E-state index in [0.29, 0.717) is 5.39 Å². The van der Waals surface area contributed by atoms with E-state index in [4.69, 9.17) is 0 Å². The molecule has 0 saturated heterocycles. The Morgan fingerprint density at radius 3 is 3.00 bits per heavy atom. The minimum atomic E-state index is -0.181. The van der Waals surface area contributed by atoms with Crippen LogP contribution in [0.2, 0.25) is 0 Å². The predicted molar refractivity (Wildman–Crippen MR) is 39.4 cm³/mol. The topological polar surface area (TPSA) is 19.7 Å². The molecule has 0 atom stereocenters. The Morgan fingerprint density at radius 2 is 2.27 bits per heavy atom. The molecule has 2 rings (SSSR count). The van der Waals surface area contributed by atoms with Crippen molar-refractivity contribution in [3.63, 3.8) is 0 Å². The summed E-state index contributed by atoms with van der Waals surface area (Å²) in [6.45, 7) is 0. The Kier molecular flexibility index (Phi) is 1.18. The second kappa shape index (κ2) is 2.05. The molecule has 11 heavy (non-hydrogen) atoms. The number of halogens is 1. The minimum Gasteiger partial charge on any atom is -0.206 e. The molecule has 0 aliphatic heterocycles. The van der Waals surface area contributed by atoms with Gasteiger partial charge in [0, 0.05) is 0 Å². The third-order valence-electron chi connectivity index (χ3n) is 1.67. The summed E-state index contributed by atoms with van der Waals surface area (Å²) in [5.41, 5.74) is 0.826. The number of hydrogen-bond donors (Lipinski definition) is 1.